The lowest BCUT2D eigenvalue weighted by Gasteiger charge is -2.10. The van der Waals surface area contributed by atoms with Crippen LogP contribution in [-0.4, -0.2) is 51.5 Å². The minimum atomic E-state index is -0.448. The fourth-order valence-corrected chi connectivity index (χ4v) is 1.73. The number of rotatable bonds is 3. The summed E-state index contributed by atoms with van der Waals surface area (Å²) >= 11 is 0. The Bertz CT molecular complexity index is 442. The third-order valence-corrected chi connectivity index (χ3v) is 2.80. The van der Waals surface area contributed by atoms with Crippen LogP contribution in [0.3, 0.4) is 0 Å². The normalized spacial score (nSPS) is 19.8. The van der Waals surface area contributed by atoms with Crippen molar-refractivity contribution >= 4 is 11.8 Å². The van der Waals surface area contributed by atoms with Crippen molar-refractivity contribution in [1.82, 2.24) is 25.4 Å². The SMILES string of the molecule is CCc1nc(C(=O)NC2CCN(C)C2=O)n[nH]1. The highest BCUT2D eigenvalue weighted by molar-refractivity contribution is 5.95. The second-order valence-electron chi connectivity index (χ2n) is 4.03. The number of nitrogens with one attached hydrogen (secondary N) is 2. The molecule has 1 unspecified atom stereocenters. The van der Waals surface area contributed by atoms with Gasteiger partial charge < -0.3 is 10.2 Å². The third kappa shape index (κ3) is 2.27. The molecule has 1 saturated heterocycles. The summed E-state index contributed by atoms with van der Waals surface area (Å²) in [6.07, 6.45) is 1.32. The van der Waals surface area contributed by atoms with E-state index in [0.29, 0.717) is 25.2 Å². The van der Waals surface area contributed by atoms with Crippen LogP contribution in [0.5, 0.6) is 0 Å². The number of aromatic amines is 1. The fourth-order valence-electron chi connectivity index (χ4n) is 1.73. The van der Waals surface area contributed by atoms with Crippen LogP contribution in [0.15, 0.2) is 0 Å². The van der Waals surface area contributed by atoms with E-state index in [2.05, 4.69) is 20.5 Å². The summed E-state index contributed by atoms with van der Waals surface area (Å²) < 4.78 is 0. The zero-order chi connectivity index (χ0) is 12.4. The molecule has 2 heterocycles. The molecule has 17 heavy (non-hydrogen) atoms. The van der Waals surface area contributed by atoms with Crippen molar-refractivity contribution in [2.75, 3.05) is 13.6 Å². The van der Waals surface area contributed by atoms with Crippen LogP contribution < -0.4 is 5.32 Å². The van der Waals surface area contributed by atoms with E-state index in [9.17, 15) is 9.59 Å². The smallest absolute Gasteiger partial charge is 0.291 e. The summed E-state index contributed by atoms with van der Waals surface area (Å²) in [7, 11) is 1.72. The number of aryl methyl sites for hydroxylation is 1. The lowest BCUT2D eigenvalue weighted by molar-refractivity contribution is -0.128. The molecule has 1 atom stereocenters. The van der Waals surface area contributed by atoms with Gasteiger partial charge in [0, 0.05) is 20.0 Å². The van der Waals surface area contributed by atoms with Crippen molar-refractivity contribution in [1.29, 1.82) is 0 Å². The number of likely N-dealkylation sites (N-methyl/N-ethyl adjacent to an activating group) is 1. The molecule has 1 aromatic rings. The van der Waals surface area contributed by atoms with Crippen molar-refractivity contribution in [3.8, 4) is 0 Å². The predicted octanol–water partition coefficient (Wildman–Crippen LogP) is -0.672. The van der Waals surface area contributed by atoms with Gasteiger partial charge in [-0.3, -0.25) is 14.7 Å². The van der Waals surface area contributed by atoms with Crippen LogP contribution >= 0.6 is 0 Å². The summed E-state index contributed by atoms with van der Waals surface area (Å²) in [6.45, 7) is 2.58. The van der Waals surface area contributed by atoms with Crippen LogP contribution in [0.1, 0.15) is 29.8 Å². The molecule has 7 heteroatoms. The summed E-state index contributed by atoms with van der Waals surface area (Å²) in [5, 5.41) is 9.10. The van der Waals surface area contributed by atoms with Gasteiger partial charge in [-0.05, 0) is 6.42 Å². The monoisotopic (exact) mass is 237 g/mol. The Morgan fingerprint density at radius 3 is 2.94 bits per heavy atom. The molecular weight excluding hydrogens is 222 g/mol. The number of H-pyrrole nitrogens is 1. The Morgan fingerprint density at radius 1 is 1.65 bits per heavy atom. The van der Waals surface area contributed by atoms with Crippen LogP contribution in [0.4, 0.5) is 0 Å². The Balaban J connectivity index is 2.00. The molecule has 1 aromatic heterocycles. The van der Waals surface area contributed by atoms with E-state index in [0.717, 1.165) is 0 Å². The lowest BCUT2D eigenvalue weighted by atomic mass is 10.2. The summed E-state index contributed by atoms with van der Waals surface area (Å²) in [4.78, 5) is 29.0. The van der Waals surface area contributed by atoms with Gasteiger partial charge in [-0.2, -0.15) is 0 Å². The van der Waals surface area contributed by atoms with Crippen LogP contribution in [0.25, 0.3) is 0 Å². The summed E-state index contributed by atoms with van der Waals surface area (Å²) in [5.74, 6) is 0.272. The van der Waals surface area contributed by atoms with Gasteiger partial charge >= 0.3 is 0 Å². The molecule has 1 fully saturated rings. The van der Waals surface area contributed by atoms with E-state index in [1.54, 1.807) is 11.9 Å². The number of carbonyl (C=O) groups excluding carboxylic acids is 2. The highest BCUT2D eigenvalue weighted by Gasteiger charge is 2.31. The van der Waals surface area contributed by atoms with Crippen molar-refractivity contribution < 1.29 is 9.59 Å². The van der Waals surface area contributed by atoms with Gasteiger partial charge in [0.15, 0.2) is 0 Å². The molecule has 0 radical (unpaired) electrons. The molecule has 2 N–H and O–H groups in total. The Labute approximate surface area is 98.6 Å². The van der Waals surface area contributed by atoms with Crippen molar-refractivity contribution in [2.45, 2.75) is 25.8 Å². The standard InChI is InChI=1S/C10H15N5O2/c1-3-7-12-8(14-13-7)9(16)11-6-4-5-15(2)10(6)17/h6H,3-5H2,1-2H3,(H,11,16)(H,12,13,14). The first-order valence-electron chi connectivity index (χ1n) is 5.59. The molecule has 92 valence electrons. The quantitative estimate of drug-likeness (QED) is 0.729. The van der Waals surface area contributed by atoms with E-state index in [-0.39, 0.29) is 11.7 Å². The molecule has 1 aliphatic rings. The minimum absolute atomic E-state index is 0.0652. The topological polar surface area (TPSA) is 91.0 Å². The maximum atomic E-state index is 11.8. The molecule has 0 bridgehead atoms. The Morgan fingerprint density at radius 2 is 2.41 bits per heavy atom. The van der Waals surface area contributed by atoms with Gasteiger partial charge in [0.1, 0.15) is 11.9 Å². The largest absolute Gasteiger partial charge is 0.344 e. The number of likely N-dealkylation sites (tertiary alicyclic amines) is 1. The van der Waals surface area contributed by atoms with E-state index >= 15 is 0 Å². The fraction of sp³-hybridized carbons (Fsp3) is 0.600. The molecule has 0 aliphatic carbocycles. The van der Waals surface area contributed by atoms with E-state index < -0.39 is 11.9 Å². The van der Waals surface area contributed by atoms with Crippen molar-refractivity contribution in [3.63, 3.8) is 0 Å². The van der Waals surface area contributed by atoms with E-state index in [1.807, 2.05) is 6.92 Å². The molecule has 0 spiro atoms. The number of aromatic nitrogens is 3. The van der Waals surface area contributed by atoms with Gasteiger partial charge in [0.2, 0.25) is 11.7 Å². The number of amides is 2. The summed E-state index contributed by atoms with van der Waals surface area (Å²) in [6, 6.07) is -0.448. The van der Waals surface area contributed by atoms with E-state index in [4.69, 9.17) is 0 Å². The lowest BCUT2D eigenvalue weighted by Crippen LogP contribution is -2.40. The van der Waals surface area contributed by atoms with Crippen molar-refractivity contribution in [3.05, 3.63) is 11.6 Å². The van der Waals surface area contributed by atoms with Gasteiger partial charge in [-0.25, -0.2) is 4.98 Å². The maximum absolute atomic E-state index is 11.8. The van der Waals surface area contributed by atoms with Crippen LogP contribution in [0, 0.1) is 0 Å². The Kier molecular flexibility index (Phi) is 3.08. The molecule has 2 amide bonds. The predicted molar refractivity (Wildman–Crippen MR) is 59.3 cm³/mol. The number of hydrogen-bond donors (Lipinski definition) is 2. The van der Waals surface area contributed by atoms with Crippen molar-refractivity contribution in [2.24, 2.45) is 0 Å². The summed E-state index contributed by atoms with van der Waals surface area (Å²) in [5.41, 5.74) is 0. The zero-order valence-corrected chi connectivity index (χ0v) is 9.86. The van der Waals surface area contributed by atoms with Crippen LogP contribution in [0.2, 0.25) is 0 Å². The third-order valence-electron chi connectivity index (χ3n) is 2.80. The first kappa shape index (κ1) is 11.6. The van der Waals surface area contributed by atoms with Gasteiger partial charge in [-0.1, -0.05) is 6.92 Å². The number of carbonyl (C=O) groups is 2. The Hall–Kier alpha value is -1.92. The first-order valence-corrected chi connectivity index (χ1v) is 5.59. The van der Waals surface area contributed by atoms with Gasteiger partial charge in [0.25, 0.3) is 5.91 Å². The molecule has 7 nitrogen and oxygen atoms in total. The van der Waals surface area contributed by atoms with Crippen LogP contribution in [-0.2, 0) is 11.2 Å². The van der Waals surface area contributed by atoms with Gasteiger partial charge in [-0.15, -0.1) is 5.10 Å². The molecule has 0 aromatic carbocycles. The second-order valence-corrected chi connectivity index (χ2v) is 4.03. The average Bonchev–Trinajstić information content (AvgIpc) is 2.91. The molecule has 2 rings (SSSR count). The number of nitrogens with zero attached hydrogens (tertiary/aromatic N) is 3. The zero-order valence-electron chi connectivity index (χ0n) is 9.86. The molecular formula is C10H15N5O2. The molecule has 1 aliphatic heterocycles. The number of hydrogen-bond acceptors (Lipinski definition) is 4. The molecule has 0 saturated carbocycles. The average molecular weight is 237 g/mol. The maximum Gasteiger partial charge on any atom is 0.291 e. The van der Waals surface area contributed by atoms with Gasteiger partial charge in [0.05, 0.1) is 0 Å². The second kappa shape index (κ2) is 4.52. The van der Waals surface area contributed by atoms with E-state index in [1.165, 1.54) is 0 Å². The minimum Gasteiger partial charge on any atom is -0.344 e. The first-order chi connectivity index (χ1) is 8.11. The highest BCUT2D eigenvalue weighted by atomic mass is 16.2. The highest BCUT2D eigenvalue weighted by Crippen LogP contribution is 2.08.